The molecule has 14 heavy (non-hydrogen) atoms. The number of sulfone groups is 1. The quantitative estimate of drug-likeness (QED) is 0.662. The zero-order valence-electron chi connectivity index (χ0n) is 7.83. The minimum Gasteiger partial charge on any atom is -0.224 e. The SMILES string of the molecule is CC1CCS(=O)(=O)c2cc(F)ccc21. The summed E-state index contributed by atoms with van der Waals surface area (Å²) in [6, 6.07) is 4.02. The average molecular weight is 214 g/mol. The summed E-state index contributed by atoms with van der Waals surface area (Å²) in [5.41, 5.74) is 0.748. The normalized spacial score (nSPS) is 24.3. The lowest BCUT2D eigenvalue weighted by molar-refractivity contribution is 0.566. The van der Waals surface area contributed by atoms with E-state index in [2.05, 4.69) is 0 Å². The van der Waals surface area contributed by atoms with Crippen LogP contribution >= 0.6 is 0 Å². The molecule has 0 saturated carbocycles. The Labute approximate surface area is 82.7 Å². The van der Waals surface area contributed by atoms with Crippen LogP contribution < -0.4 is 0 Å². The summed E-state index contributed by atoms with van der Waals surface area (Å²) in [5, 5.41) is 0. The van der Waals surface area contributed by atoms with Gasteiger partial charge in [0.25, 0.3) is 0 Å². The van der Waals surface area contributed by atoms with Crippen LogP contribution in [-0.4, -0.2) is 14.2 Å². The highest BCUT2D eigenvalue weighted by Crippen LogP contribution is 2.33. The van der Waals surface area contributed by atoms with Crippen LogP contribution in [0.2, 0.25) is 0 Å². The zero-order chi connectivity index (χ0) is 10.3. The Hall–Kier alpha value is -0.900. The minimum absolute atomic E-state index is 0.130. The summed E-state index contributed by atoms with van der Waals surface area (Å²) in [7, 11) is -3.24. The van der Waals surface area contributed by atoms with Gasteiger partial charge >= 0.3 is 0 Å². The summed E-state index contributed by atoms with van der Waals surface area (Å²) in [6.45, 7) is 1.96. The van der Waals surface area contributed by atoms with Crippen molar-refractivity contribution in [3.8, 4) is 0 Å². The van der Waals surface area contributed by atoms with E-state index in [9.17, 15) is 12.8 Å². The monoisotopic (exact) mass is 214 g/mol. The van der Waals surface area contributed by atoms with Gasteiger partial charge in [0.05, 0.1) is 10.6 Å². The fourth-order valence-electron chi connectivity index (χ4n) is 1.78. The van der Waals surface area contributed by atoms with Gasteiger partial charge in [0, 0.05) is 0 Å². The standard InChI is InChI=1S/C10H11FO2S/c1-7-4-5-14(12,13)10-6-8(11)2-3-9(7)10/h2-3,6-7H,4-5H2,1H3. The maximum Gasteiger partial charge on any atom is 0.178 e. The second-order valence-electron chi connectivity index (χ2n) is 3.69. The van der Waals surface area contributed by atoms with E-state index in [0.717, 1.165) is 11.6 Å². The fourth-order valence-corrected chi connectivity index (χ4v) is 3.59. The second-order valence-corrected chi connectivity index (χ2v) is 5.77. The molecular weight excluding hydrogens is 203 g/mol. The van der Waals surface area contributed by atoms with Crippen molar-refractivity contribution in [2.45, 2.75) is 24.2 Å². The number of fused-ring (bicyclic) bond motifs is 1. The molecule has 0 radical (unpaired) electrons. The van der Waals surface area contributed by atoms with E-state index in [1.165, 1.54) is 6.07 Å². The first-order valence-electron chi connectivity index (χ1n) is 4.53. The summed E-state index contributed by atoms with van der Waals surface area (Å²) >= 11 is 0. The van der Waals surface area contributed by atoms with Crippen LogP contribution in [0.4, 0.5) is 4.39 Å². The summed E-state index contributed by atoms with van der Waals surface area (Å²) in [5.74, 6) is -0.152. The van der Waals surface area contributed by atoms with Gasteiger partial charge in [0.15, 0.2) is 9.84 Å². The summed E-state index contributed by atoms with van der Waals surface area (Å²) in [6.07, 6.45) is 0.626. The van der Waals surface area contributed by atoms with Gasteiger partial charge in [-0.15, -0.1) is 0 Å². The van der Waals surface area contributed by atoms with Crippen molar-refractivity contribution >= 4 is 9.84 Å². The van der Waals surface area contributed by atoms with Gasteiger partial charge in [0.1, 0.15) is 5.82 Å². The molecule has 0 fully saturated rings. The average Bonchev–Trinajstić information content (AvgIpc) is 2.12. The minimum atomic E-state index is -3.24. The molecule has 2 nitrogen and oxygen atoms in total. The molecule has 1 aromatic carbocycles. The molecule has 1 aliphatic heterocycles. The van der Waals surface area contributed by atoms with E-state index in [4.69, 9.17) is 0 Å². The molecule has 0 aliphatic carbocycles. The molecule has 0 N–H and O–H groups in total. The molecule has 0 bridgehead atoms. The number of benzene rings is 1. The van der Waals surface area contributed by atoms with Crippen molar-refractivity contribution in [3.05, 3.63) is 29.6 Å². The molecule has 1 aliphatic rings. The Morgan fingerprint density at radius 1 is 1.43 bits per heavy atom. The maximum absolute atomic E-state index is 12.9. The maximum atomic E-state index is 12.9. The zero-order valence-corrected chi connectivity index (χ0v) is 8.64. The van der Waals surface area contributed by atoms with Gasteiger partial charge in [-0.3, -0.25) is 0 Å². The van der Waals surface area contributed by atoms with E-state index < -0.39 is 15.7 Å². The van der Waals surface area contributed by atoms with Crippen LogP contribution in [0.3, 0.4) is 0 Å². The first-order valence-corrected chi connectivity index (χ1v) is 6.18. The molecule has 76 valence electrons. The third kappa shape index (κ3) is 1.43. The number of halogens is 1. The van der Waals surface area contributed by atoms with Crippen molar-refractivity contribution in [2.24, 2.45) is 0 Å². The Morgan fingerprint density at radius 3 is 2.86 bits per heavy atom. The third-order valence-electron chi connectivity index (χ3n) is 2.66. The van der Waals surface area contributed by atoms with E-state index in [0.29, 0.717) is 6.42 Å². The van der Waals surface area contributed by atoms with Crippen molar-refractivity contribution in [1.29, 1.82) is 0 Å². The fraction of sp³-hybridized carbons (Fsp3) is 0.400. The first kappa shape index (κ1) is 9.65. The highest BCUT2D eigenvalue weighted by molar-refractivity contribution is 7.91. The topological polar surface area (TPSA) is 34.1 Å². The van der Waals surface area contributed by atoms with Crippen molar-refractivity contribution in [2.75, 3.05) is 5.75 Å². The number of hydrogen-bond acceptors (Lipinski definition) is 2. The van der Waals surface area contributed by atoms with Gasteiger partial charge in [-0.1, -0.05) is 13.0 Å². The third-order valence-corrected chi connectivity index (χ3v) is 4.46. The number of rotatable bonds is 0. The first-order chi connectivity index (χ1) is 6.50. The van der Waals surface area contributed by atoms with E-state index >= 15 is 0 Å². The summed E-state index contributed by atoms with van der Waals surface area (Å²) < 4.78 is 36.1. The number of hydrogen-bond donors (Lipinski definition) is 0. The van der Waals surface area contributed by atoms with E-state index in [-0.39, 0.29) is 16.6 Å². The highest BCUT2D eigenvalue weighted by atomic mass is 32.2. The Bertz CT molecular complexity index is 465. The molecule has 2 rings (SSSR count). The predicted molar refractivity (Wildman–Crippen MR) is 51.5 cm³/mol. The smallest absolute Gasteiger partial charge is 0.178 e. The van der Waals surface area contributed by atoms with Crippen LogP contribution in [0, 0.1) is 5.82 Å². The molecular formula is C10H11FO2S. The van der Waals surface area contributed by atoms with Gasteiger partial charge in [-0.2, -0.15) is 0 Å². The lowest BCUT2D eigenvalue weighted by Crippen LogP contribution is -2.18. The molecule has 1 heterocycles. The van der Waals surface area contributed by atoms with Crippen molar-refractivity contribution < 1.29 is 12.8 Å². The van der Waals surface area contributed by atoms with Crippen LogP contribution in [0.1, 0.15) is 24.8 Å². The largest absolute Gasteiger partial charge is 0.224 e. The Morgan fingerprint density at radius 2 is 2.14 bits per heavy atom. The van der Waals surface area contributed by atoms with Gasteiger partial charge < -0.3 is 0 Å². The highest BCUT2D eigenvalue weighted by Gasteiger charge is 2.27. The molecule has 4 heteroatoms. The lowest BCUT2D eigenvalue weighted by Gasteiger charge is -2.21. The predicted octanol–water partition coefficient (Wildman–Crippen LogP) is 2.11. The van der Waals surface area contributed by atoms with Crippen LogP contribution in [0.25, 0.3) is 0 Å². The van der Waals surface area contributed by atoms with Crippen LogP contribution in [0.15, 0.2) is 23.1 Å². The molecule has 1 aromatic rings. The second kappa shape index (κ2) is 3.05. The Kier molecular flexibility index (Phi) is 2.10. The molecule has 1 atom stereocenters. The van der Waals surface area contributed by atoms with Crippen LogP contribution in [0.5, 0.6) is 0 Å². The van der Waals surface area contributed by atoms with Crippen molar-refractivity contribution in [3.63, 3.8) is 0 Å². The van der Waals surface area contributed by atoms with Gasteiger partial charge in [-0.25, -0.2) is 12.8 Å². The van der Waals surface area contributed by atoms with Crippen molar-refractivity contribution in [1.82, 2.24) is 0 Å². The van der Waals surface area contributed by atoms with Crippen LogP contribution in [-0.2, 0) is 9.84 Å². The molecule has 0 aromatic heterocycles. The Balaban J connectivity index is 2.70. The van der Waals surface area contributed by atoms with Gasteiger partial charge in [-0.05, 0) is 30.0 Å². The van der Waals surface area contributed by atoms with E-state index in [1.807, 2.05) is 6.92 Å². The van der Waals surface area contributed by atoms with E-state index in [1.54, 1.807) is 6.07 Å². The molecule has 1 unspecified atom stereocenters. The summed E-state index contributed by atoms with van der Waals surface area (Å²) in [4.78, 5) is 0.177. The molecule has 0 saturated heterocycles. The molecule has 0 amide bonds. The lowest BCUT2D eigenvalue weighted by atomic mass is 9.98. The molecule has 0 spiro atoms. The van der Waals surface area contributed by atoms with Gasteiger partial charge in [0.2, 0.25) is 0 Å².